The summed E-state index contributed by atoms with van der Waals surface area (Å²) in [7, 11) is 0. The van der Waals surface area contributed by atoms with Gasteiger partial charge in [0.1, 0.15) is 11.9 Å². The van der Waals surface area contributed by atoms with Crippen LogP contribution in [0.2, 0.25) is 0 Å². The van der Waals surface area contributed by atoms with E-state index in [0.29, 0.717) is 6.61 Å². The number of halogens is 1. The van der Waals surface area contributed by atoms with Crippen LogP contribution >= 0.6 is 0 Å². The predicted molar refractivity (Wildman–Crippen MR) is 114 cm³/mol. The van der Waals surface area contributed by atoms with E-state index in [1.807, 2.05) is 43.3 Å². The lowest BCUT2D eigenvalue weighted by Gasteiger charge is -2.18. The summed E-state index contributed by atoms with van der Waals surface area (Å²) in [6.07, 6.45) is 2.65. The molecule has 1 heterocycles. The van der Waals surface area contributed by atoms with Crippen molar-refractivity contribution in [2.24, 2.45) is 0 Å². The summed E-state index contributed by atoms with van der Waals surface area (Å²) >= 11 is 0. The Kier molecular flexibility index (Phi) is 6.28. The van der Waals surface area contributed by atoms with Gasteiger partial charge in [-0.15, -0.1) is 0 Å². The number of hydrogen-bond acceptors (Lipinski definition) is 4. The SMILES string of the molecule is CCO[C@@H](CC(=O)O)c1ccc(O[C@@H]2CCc3c(-c4ccc(F)nc4)cccc32)cc1. The van der Waals surface area contributed by atoms with Crippen LogP contribution in [-0.4, -0.2) is 22.7 Å². The van der Waals surface area contributed by atoms with Gasteiger partial charge in [0, 0.05) is 18.4 Å². The monoisotopic (exact) mass is 421 g/mol. The number of hydrogen-bond donors (Lipinski definition) is 1. The molecule has 2 aromatic carbocycles. The molecule has 160 valence electrons. The molecule has 2 atom stereocenters. The van der Waals surface area contributed by atoms with E-state index < -0.39 is 18.0 Å². The highest BCUT2D eigenvalue weighted by molar-refractivity contribution is 5.69. The standard InChI is InChI=1S/C25H24FNO4/c1-2-30-23(14-25(28)29)16-6-9-18(10-7-16)31-22-12-11-20-19(4-3-5-21(20)22)17-8-13-24(26)27-15-17/h3-10,13,15,22-23H,2,11-12,14H2,1H3,(H,28,29)/t22-,23+/m1/s1. The number of rotatable bonds is 8. The Hall–Kier alpha value is -3.25. The number of carbonyl (C=O) groups is 1. The summed E-state index contributed by atoms with van der Waals surface area (Å²) in [5, 5.41) is 9.10. The number of aromatic nitrogens is 1. The number of pyridine rings is 1. The van der Waals surface area contributed by atoms with Crippen LogP contribution in [0.4, 0.5) is 4.39 Å². The van der Waals surface area contributed by atoms with Crippen LogP contribution in [0.25, 0.3) is 11.1 Å². The number of aliphatic carboxylic acids is 1. The van der Waals surface area contributed by atoms with E-state index in [4.69, 9.17) is 14.6 Å². The average molecular weight is 421 g/mol. The van der Waals surface area contributed by atoms with Gasteiger partial charge in [0.2, 0.25) is 5.95 Å². The fraction of sp³-hybridized carbons (Fsp3) is 0.280. The summed E-state index contributed by atoms with van der Waals surface area (Å²) in [6.45, 7) is 2.29. The molecule has 0 aliphatic heterocycles. The number of fused-ring (bicyclic) bond motifs is 1. The van der Waals surface area contributed by atoms with Gasteiger partial charge in [0.05, 0.1) is 12.5 Å². The molecule has 0 radical (unpaired) electrons. The number of carboxylic acid groups (broad SMARTS) is 1. The molecular formula is C25H24FNO4. The van der Waals surface area contributed by atoms with Crippen molar-refractivity contribution in [1.82, 2.24) is 4.98 Å². The highest BCUT2D eigenvalue weighted by Gasteiger charge is 2.26. The maximum Gasteiger partial charge on any atom is 0.306 e. The van der Waals surface area contributed by atoms with Gasteiger partial charge in [-0.05, 0) is 66.3 Å². The van der Waals surface area contributed by atoms with Gasteiger partial charge < -0.3 is 14.6 Å². The Morgan fingerprint density at radius 2 is 2.00 bits per heavy atom. The van der Waals surface area contributed by atoms with Crippen molar-refractivity contribution < 1.29 is 23.8 Å². The van der Waals surface area contributed by atoms with Crippen LogP contribution in [0.5, 0.6) is 5.75 Å². The van der Waals surface area contributed by atoms with Crippen molar-refractivity contribution in [2.45, 2.75) is 38.4 Å². The second-order valence-corrected chi connectivity index (χ2v) is 7.50. The topological polar surface area (TPSA) is 68.7 Å². The molecule has 31 heavy (non-hydrogen) atoms. The highest BCUT2D eigenvalue weighted by atomic mass is 19.1. The van der Waals surface area contributed by atoms with Crippen LogP contribution in [0, 0.1) is 5.95 Å². The average Bonchev–Trinajstić information content (AvgIpc) is 3.17. The van der Waals surface area contributed by atoms with Crippen molar-refractivity contribution in [1.29, 1.82) is 0 Å². The van der Waals surface area contributed by atoms with E-state index in [2.05, 4.69) is 11.1 Å². The Labute approximate surface area is 180 Å². The fourth-order valence-corrected chi connectivity index (χ4v) is 4.10. The summed E-state index contributed by atoms with van der Waals surface area (Å²) < 4.78 is 25.0. The maximum absolute atomic E-state index is 13.2. The minimum absolute atomic E-state index is 0.0732. The fourth-order valence-electron chi connectivity index (χ4n) is 4.10. The van der Waals surface area contributed by atoms with E-state index in [9.17, 15) is 9.18 Å². The molecule has 6 heteroatoms. The van der Waals surface area contributed by atoms with Crippen LogP contribution < -0.4 is 4.74 Å². The Morgan fingerprint density at radius 1 is 1.19 bits per heavy atom. The minimum atomic E-state index is -0.895. The number of carboxylic acids is 1. The quantitative estimate of drug-likeness (QED) is 0.486. The lowest BCUT2D eigenvalue weighted by atomic mass is 9.98. The number of ether oxygens (including phenoxy) is 2. The van der Waals surface area contributed by atoms with Crippen LogP contribution in [0.1, 0.15) is 48.7 Å². The van der Waals surface area contributed by atoms with Gasteiger partial charge in [0.15, 0.2) is 0 Å². The molecule has 0 fully saturated rings. The molecular weight excluding hydrogens is 397 g/mol. The first-order valence-corrected chi connectivity index (χ1v) is 10.4. The molecule has 5 nitrogen and oxygen atoms in total. The van der Waals surface area contributed by atoms with Crippen LogP contribution in [0.3, 0.4) is 0 Å². The third-order valence-corrected chi connectivity index (χ3v) is 5.51. The zero-order chi connectivity index (χ0) is 21.8. The Morgan fingerprint density at radius 3 is 2.68 bits per heavy atom. The maximum atomic E-state index is 13.2. The third kappa shape index (κ3) is 4.75. The lowest BCUT2D eigenvalue weighted by Crippen LogP contribution is -2.10. The molecule has 0 amide bonds. The molecule has 0 bridgehead atoms. The molecule has 1 aromatic heterocycles. The van der Waals surface area contributed by atoms with Crippen molar-refractivity contribution >= 4 is 5.97 Å². The summed E-state index contributed by atoms with van der Waals surface area (Å²) in [4.78, 5) is 14.9. The van der Waals surface area contributed by atoms with Crippen molar-refractivity contribution in [2.75, 3.05) is 6.61 Å². The molecule has 0 unspecified atom stereocenters. The van der Waals surface area contributed by atoms with E-state index in [1.165, 1.54) is 11.6 Å². The molecule has 1 N–H and O–H groups in total. The largest absolute Gasteiger partial charge is 0.486 e. The van der Waals surface area contributed by atoms with Crippen molar-refractivity contribution in [3.63, 3.8) is 0 Å². The molecule has 1 aliphatic carbocycles. The van der Waals surface area contributed by atoms with Gasteiger partial charge in [-0.2, -0.15) is 4.39 Å². The zero-order valence-electron chi connectivity index (χ0n) is 17.3. The Balaban J connectivity index is 1.51. The molecule has 1 aliphatic rings. The summed E-state index contributed by atoms with van der Waals surface area (Å²) in [6, 6.07) is 16.6. The van der Waals surface area contributed by atoms with Gasteiger partial charge in [-0.25, -0.2) is 4.98 Å². The van der Waals surface area contributed by atoms with E-state index in [-0.39, 0.29) is 12.5 Å². The first-order chi connectivity index (χ1) is 15.0. The number of nitrogens with zero attached hydrogens (tertiary/aromatic N) is 1. The third-order valence-electron chi connectivity index (χ3n) is 5.51. The smallest absolute Gasteiger partial charge is 0.306 e. The molecule has 0 saturated carbocycles. The second kappa shape index (κ2) is 9.27. The number of benzene rings is 2. The van der Waals surface area contributed by atoms with Gasteiger partial charge in [-0.3, -0.25) is 4.79 Å². The summed E-state index contributed by atoms with van der Waals surface area (Å²) in [5.41, 5.74) is 5.09. The van der Waals surface area contributed by atoms with Crippen LogP contribution in [0.15, 0.2) is 60.8 Å². The lowest BCUT2D eigenvalue weighted by molar-refractivity contribution is -0.140. The minimum Gasteiger partial charge on any atom is -0.486 e. The Bertz CT molecular complexity index is 1050. The predicted octanol–water partition coefficient (Wildman–Crippen LogP) is 5.51. The van der Waals surface area contributed by atoms with E-state index in [0.717, 1.165) is 40.8 Å². The van der Waals surface area contributed by atoms with Crippen molar-refractivity contribution in [3.05, 3.63) is 83.4 Å². The molecule has 4 rings (SSSR count). The zero-order valence-corrected chi connectivity index (χ0v) is 17.3. The molecule has 0 saturated heterocycles. The summed E-state index contributed by atoms with van der Waals surface area (Å²) in [5.74, 6) is -0.662. The molecule has 3 aromatic rings. The van der Waals surface area contributed by atoms with Gasteiger partial charge in [-0.1, -0.05) is 30.3 Å². The molecule has 0 spiro atoms. The van der Waals surface area contributed by atoms with Crippen LogP contribution in [-0.2, 0) is 16.0 Å². The normalized spacial score (nSPS) is 16.0. The van der Waals surface area contributed by atoms with Crippen molar-refractivity contribution in [3.8, 4) is 16.9 Å². The van der Waals surface area contributed by atoms with E-state index >= 15 is 0 Å². The van der Waals surface area contributed by atoms with E-state index in [1.54, 1.807) is 12.3 Å². The first-order valence-electron chi connectivity index (χ1n) is 10.4. The highest BCUT2D eigenvalue weighted by Crippen LogP contribution is 2.40. The first kappa shape index (κ1) is 21.0. The van der Waals surface area contributed by atoms with Gasteiger partial charge in [0.25, 0.3) is 0 Å². The van der Waals surface area contributed by atoms with Gasteiger partial charge >= 0.3 is 5.97 Å². The second-order valence-electron chi connectivity index (χ2n) is 7.50.